The number of aliphatic carboxylic acids is 1. The van der Waals surface area contributed by atoms with Crippen LogP contribution in [0.4, 0.5) is 0 Å². The normalized spacial score (nSPS) is 11.6. The second-order valence-electron chi connectivity index (χ2n) is 3.11. The van der Waals surface area contributed by atoms with E-state index in [1.807, 2.05) is 6.07 Å². The van der Waals surface area contributed by atoms with Crippen molar-refractivity contribution in [2.24, 2.45) is 0 Å². The van der Waals surface area contributed by atoms with E-state index in [1.54, 1.807) is 25.1 Å². The quantitative estimate of drug-likeness (QED) is 0.922. The minimum atomic E-state index is -1.03. The molecule has 0 bridgehead atoms. The number of halogens is 1. The van der Waals surface area contributed by atoms with Gasteiger partial charge in [0.1, 0.15) is 11.8 Å². The van der Waals surface area contributed by atoms with Crippen LogP contribution in [0.15, 0.2) is 22.7 Å². The second-order valence-corrected chi connectivity index (χ2v) is 4.02. The zero-order valence-corrected chi connectivity index (χ0v) is 10.2. The lowest BCUT2D eigenvalue weighted by atomic mass is 10.2. The average Bonchev–Trinajstić information content (AvgIpc) is 2.26. The molecule has 0 heterocycles. The third kappa shape index (κ3) is 2.97. The maximum Gasteiger partial charge on any atom is 0.344 e. The van der Waals surface area contributed by atoms with Crippen LogP contribution in [0, 0.1) is 11.3 Å². The van der Waals surface area contributed by atoms with Crippen LogP contribution in [0.5, 0.6) is 5.75 Å². The van der Waals surface area contributed by atoms with E-state index in [0.29, 0.717) is 17.7 Å². The molecule has 84 valence electrons. The lowest BCUT2D eigenvalue weighted by Crippen LogP contribution is -2.26. The summed E-state index contributed by atoms with van der Waals surface area (Å²) in [5.74, 6) is -0.741. The molecule has 0 fully saturated rings. The first-order valence-electron chi connectivity index (χ1n) is 4.67. The molecule has 0 aliphatic heterocycles. The molecule has 0 spiro atoms. The summed E-state index contributed by atoms with van der Waals surface area (Å²) in [6.45, 7) is 1.71. The molecule has 4 nitrogen and oxygen atoms in total. The largest absolute Gasteiger partial charge is 0.479 e. The zero-order valence-electron chi connectivity index (χ0n) is 8.61. The van der Waals surface area contributed by atoms with Crippen LogP contribution >= 0.6 is 15.9 Å². The predicted molar refractivity (Wildman–Crippen MR) is 61.2 cm³/mol. The topological polar surface area (TPSA) is 70.3 Å². The van der Waals surface area contributed by atoms with Gasteiger partial charge in [-0.15, -0.1) is 0 Å². The van der Waals surface area contributed by atoms with Gasteiger partial charge < -0.3 is 9.84 Å². The van der Waals surface area contributed by atoms with E-state index in [-0.39, 0.29) is 0 Å². The van der Waals surface area contributed by atoms with Crippen molar-refractivity contribution in [2.75, 3.05) is 0 Å². The standard InChI is InChI=1S/C11H10BrNO3/c1-2-9(11(14)15)16-10-4-3-8(12)5-7(10)6-13/h3-5,9H,2H2,1H3,(H,14,15). The highest BCUT2D eigenvalue weighted by Crippen LogP contribution is 2.23. The molecule has 0 aliphatic rings. The van der Waals surface area contributed by atoms with Crippen molar-refractivity contribution in [2.45, 2.75) is 19.4 Å². The first-order valence-corrected chi connectivity index (χ1v) is 5.47. The third-order valence-corrected chi connectivity index (χ3v) is 2.47. The number of benzene rings is 1. The van der Waals surface area contributed by atoms with Crippen LogP contribution in [0.3, 0.4) is 0 Å². The Hall–Kier alpha value is -1.54. The van der Waals surface area contributed by atoms with Crippen LogP contribution in [-0.4, -0.2) is 17.2 Å². The fraction of sp³-hybridized carbons (Fsp3) is 0.273. The van der Waals surface area contributed by atoms with Crippen molar-refractivity contribution in [3.05, 3.63) is 28.2 Å². The van der Waals surface area contributed by atoms with Gasteiger partial charge >= 0.3 is 5.97 Å². The molecule has 1 aromatic rings. The summed E-state index contributed by atoms with van der Waals surface area (Å²) in [6, 6.07) is 6.82. The SMILES string of the molecule is CCC(Oc1ccc(Br)cc1C#N)C(=O)O. The smallest absolute Gasteiger partial charge is 0.344 e. The minimum absolute atomic E-state index is 0.292. The summed E-state index contributed by atoms with van der Waals surface area (Å²) < 4.78 is 6.01. The van der Waals surface area contributed by atoms with Crippen molar-refractivity contribution >= 4 is 21.9 Å². The molecule has 1 unspecified atom stereocenters. The number of ether oxygens (including phenoxy) is 1. The van der Waals surface area contributed by atoms with Gasteiger partial charge in [-0.25, -0.2) is 4.79 Å². The van der Waals surface area contributed by atoms with E-state index in [4.69, 9.17) is 15.1 Å². The van der Waals surface area contributed by atoms with E-state index >= 15 is 0 Å². The monoisotopic (exact) mass is 283 g/mol. The van der Waals surface area contributed by atoms with E-state index < -0.39 is 12.1 Å². The number of hydrogen-bond acceptors (Lipinski definition) is 3. The van der Waals surface area contributed by atoms with Gasteiger partial charge in [-0.3, -0.25) is 0 Å². The van der Waals surface area contributed by atoms with Gasteiger partial charge in [0.25, 0.3) is 0 Å². The van der Waals surface area contributed by atoms with Crippen molar-refractivity contribution in [3.8, 4) is 11.8 Å². The van der Waals surface area contributed by atoms with Crippen LogP contribution < -0.4 is 4.74 Å². The molecular weight excluding hydrogens is 274 g/mol. The Morgan fingerprint density at radius 2 is 2.38 bits per heavy atom. The summed E-state index contributed by atoms with van der Waals surface area (Å²) in [7, 11) is 0. The molecule has 1 rings (SSSR count). The number of hydrogen-bond donors (Lipinski definition) is 1. The molecule has 16 heavy (non-hydrogen) atoms. The van der Waals surface area contributed by atoms with Gasteiger partial charge in [0.2, 0.25) is 0 Å². The van der Waals surface area contributed by atoms with Gasteiger partial charge in [-0.05, 0) is 24.6 Å². The molecule has 5 heteroatoms. The van der Waals surface area contributed by atoms with Gasteiger partial charge in [0.05, 0.1) is 5.56 Å². The number of nitriles is 1. The van der Waals surface area contributed by atoms with Gasteiger partial charge in [-0.1, -0.05) is 22.9 Å². The summed E-state index contributed by atoms with van der Waals surface area (Å²) in [5, 5.41) is 17.7. The molecule has 0 aliphatic carbocycles. The van der Waals surface area contributed by atoms with Crippen molar-refractivity contribution in [1.82, 2.24) is 0 Å². The molecule has 0 aromatic heterocycles. The summed E-state index contributed by atoms with van der Waals surface area (Å²) >= 11 is 3.23. The molecule has 1 atom stereocenters. The van der Waals surface area contributed by atoms with Crippen LogP contribution in [-0.2, 0) is 4.79 Å². The maximum atomic E-state index is 10.8. The Morgan fingerprint density at radius 1 is 1.69 bits per heavy atom. The lowest BCUT2D eigenvalue weighted by molar-refractivity contribution is -0.145. The fourth-order valence-electron chi connectivity index (χ4n) is 1.15. The Balaban J connectivity index is 2.97. The number of rotatable bonds is 4. The Bertz CT molecular complexity index is 439. The lowest BCUT2D eigenvalue weighted by Gasteiger charge is -2.14. The number of carboxylic acid groups (broad SMARTS) is 1. The van der Waals surface area contributed by atoms with Crippen LogP contribution in [0.25, 0.3) is 0 Å². The van der Waals surface area contributed by atoms with Crippen LogP contribution in [0.1, 0.15) is 18.9 Å². The predicted octanol–water partition coefficient (Wildman–Crippen LogP) is 2.56. The van der Waals surface area contributed by atoms with E-state index in [9.17, 15) is 4.79 Å². The molecule has 0 saturated heterocycles. The highest BCUT2D eigenvalue weighted by atomic mass is 79.9. The molecule has 1 N–H and O–H groups in total. The highest BCUT2D eigenvalue weighted by Gasteiger charge is 2.18. The van der Waals surface area contributed by atoms with Gasteiger partial charge in [-0.2, -0.15) is 5.26 Å². The Morgan fingerprint density at radius 3 is 2.88 bits per heavy atom. The average molecular weight is 284 g/mol. The van der Waals surface area contributed by atoms with Crippen molar-refractivity contribution < 1.29 is 14.6 Å². The Labute approximate surface area is 102 Å². The van der Waals surface area contributed by atoms with Crippen molar-refractivity contribution in [1.29, 1.82) is 5.26 Å². The van der Waals surface area contributed by atoms with Gasteiger partial charge in [0, 0.05) is 4.47 Å². The highest BCUT2D eigenvalue weighted by molar-refractivity contribution is 9.10. The number of carboxylic acids is 1. The van der Waals surface area contributed by atoms with Crippen molar-refractivity contribution in [3.63, 3.8) is 0 Å². The number of nitrogens with zero attached hydrogens (tertiary/aromatic N) is 1. The second kappa shape index (κ2) is 5.52. The molecule has 0 saturated carbocycles. The first kappa shape index (κ1) is 12.5. The third-order valence-electron chi connectivity index (χ3n) is 1.98. The van der Waals surface area contributed by atoms with Crippen LogP contribution in [0.2, 0.25) is 0 Å². The molecular formula is C11H10BrNO3. The fourth-order valence-corrected chi connectivity index (χ4v) is 1.52. The number of carbonyl (C=O) groups is 1. The zero-order chi connectivity index (χ0) is 12.1. The Kier molecular flexibility index (Phi) is 4.32. The van der Waals surface area contributed by atoms with E-state index in [0.717, 1.165) is 4.47 Å². The van der Waals surface area contributed by atoms with E-state index in [1.165, 1.54) is 0 Å². The summed E-state index contributed by atoms with van der Waals surface area (Å²) in [4.78, 5) is 10.8. The minimum Gasteiger partial charge on any atom is -0.479 e. The molecule has 0 amide bonds. The summed E-state index contributed by atoms with van der Waals surface area (Å²) in [6.07, 6.45) is -0.579. The summed E-state index contributed by atoms with van der Waals surface area (Å²) in [5.41, 5.74) is 0.314. The first-order chi connectivity index (χ1) is 7.58. The maximum absolute atomic E-state index is 10.8. The molecule has 1 aromatic carbocycles. The van der Waals surface area contributed by atoms with Gasteiger partial charge in [0.15, 0.2) is 6.10 Å². The van der Waals surface area contributed by atoms with E-state index in [2.05, 4.69) is 15.9 Å². The molecule has 0 radical (unpaired) electrons.